The number of thioether (sulfide) groups is 1. The number of ether oxygens (including phenoxy) is 2. The summed E-state index contributed by atoms with van der Waals surface area (Å²) in [5, 5.41) is -0.557. The Hall–Kier alpha value is -3.24. The van der Waals surface area contributed by atoms with Crippen LogP contribution in [0.2, 0.25) is 0 Å². The van der Waals surface area contributed by atoms with Crippen LogP contribution in [-0.4, -0.2) is 41.0 Å². The summed E-state index contributed by atoms with van der Waals surface area (Å²) in [6.07, 6.45) is 1.43. The highest BCUT2D eigenvalue weighted by molar-refractivity contribution is 7.99. The number of benzene rings is 1. The van der Waals surface area contributed by atoms with E-state index in [4.69, 9.17) is 15.2 Å². The maximum atomic E-state index is 13.0. The van der Waals surface area contributed by atoms with Crippen LogP contribution < -0.4 is 19.7 Å². The first-order valence-electron chi connectivity index (χ1n) is 9.43. The largest absolute Gasteiger partial charge is 0.427 e. The lowest BCUT2D eigenvalue weighted by Crippen LogP contribution is -2.53. The number of rotatable bonds is 5. The van der Waals surface area contributed by atoms with E-state index in [9.17, 15) is 19.2 Å². The lowest BCUT2D eigenvalue weighted by Gasteiger charge is -2.34. The SMILES string of the molecule is CC(=O)Oc1ccc(OC(C)=O)c(C2SCC[N+]2(C(C)=O)c2cc(C(N)=O)ccn2)c1. The molecule has 162 valence electrons. The van der Waals surface area contributed by atoms with Gasteiger partial charge in [-0.15, -0.1) is 0 Å². The third-order valence-electron chi connectivity index (χ3n) is 4.88. The zero-order valence-electron chi connectivity index (χ0n) is 17.3. The van der Waals surface area contributed by atoms with Crippen molar-refractivity contribution in [3.05, 3.63) is 47.7 Å². The average molecular weight is 444 g/mol. The lowest BCUT2D eigenvalue weighted by atomic mass is 10.1. The van der Waals surface area contributed by atoms with Crippen molar-refractivity contribution in [2.75, 3.05) is 12.3 Å². The minimum absolute atomic E-state index is 0.212. The molecule has 1 aromatic heterocycles. The molecule has 1 fully saturated rings. The number of nitrogens with zero attached hydrogens (tertiary/aromatic N) is 2. The first kappa shape index (κ1) is 22.4. The highest BCUT2D eigenvalue weighted by Crippen LogP contribution is 2.50. The van der Waals surface area contributed by atoms with Crippen LogP contribution in [0.25, 0.3) is 0 Å². The highest BCUT2D eigenvalue weighted by atomic mass is 32.2. The van der Waals surface area contributed by atoms with Crippen molar-refractivity contribution in [3.8, 4) is 11.5 Å². The fourth-order valence-corrected chi connectivity index (χ4v) is 5.18. The molecule has 9 nitrogen and oxygen atoms in total. The minimum atomic E-state index is -0.633. The van der Waals surface area contributed by atoms with Crippen LogP contribution >= 0.6 is 11.8 Å². The van der Waals surface area contributed by atoms with Crippen molar-refractivity contribution in [2.45, 2.75) is 26.1 Å². The molecule has 1 aliphatic rings. The molecule has 1 aromatic carbocycles. The molecular weight excluding hydrogens is 422 g/mol. The van der Waals surface area contributed by atoms with Gasteiger partial charge in [-0.3, -0.25) is 14.4 Å². The molecule has 2 atom stereocenters. The van der Waals surface area contributed by atoms with E-state index in [2.05, 4.69) is 4.98 Å². The molecule has 2 unspecified atom stereocenters. The van der Waals surface area contributed by atoms with E-state index < -0.39 is 23.2 Å². The van der Waals surface area contributed by atoms with Crippen molar-refractivity contribution < 1.29 is 28.7 Å². The van der Waals surface area contributed by atoms with Crippen LogP contribution in [0.3, 0.4) is 0 Å². The molecule has 3 rings (SSSR count). The van der Waals surface area contributed by atoms with Gasteiger partial charge in [0, 0.05) is 37.4 Å². The van der Waals surface area contributed by atoms with E-state index in [1.165, 1.54) is 63.0 Å². The first-order valence-corrected chi connectivity index (χ1v) is 10.5. The molecule has 0 saturated carbocycles. The molecule has 1 saturated heterocycles. The fourth-order valence-electron chi connectivity index (χ4n) is 3.59. The molecule has 0 spiro atoms. The van der Waals surface area contributed by atoms with Gasteiger partial charge in [-0.05, 0) is 24.3 Å². The van der Waals surface area contributed by atoms with Gasteiger partial charge in [-0.25, -0.2) is 9.78 Å². The van der Waals surface area contributed by atoms with Crippen molar-refractivity contribution in [1.29, 1.82) is 0 Å². The van der Waals surface area contributed by atoms with Gasteiger partial charge >= 0.3 is 17.8 Å². The smallest absolute Gasteiger partial charge is 0.318 e. The summed E-state index contributed by atoms with van der Waals surface area (Å²) >= 11 is 1.47. The molecule has 0 radical (unpaired) electrons. The van der Waals surface area contributed by atoms with E-state index in [0.29, 0.717) is 23.7 Å². The Kier molecular flexibility index (Phi) is 6.42. The molecular formula is C21H22N3O6S+. The second kappa shape index (κ2) is 8.86. The topological polar surface area (TPSA) is 126 Å². The normalized spacial score (nSPS) is 20.2. The number of primary amides is 1. The number of quaternary nitrogens is 1. The van der Waals surface area contributed by atoms with Crippen molar-refractivity contribution in [2.24, 2.45) is 5.73 Å². The molecule has 0 aliphatic carbocycles. The summed E-state index contributed by atoms with van der Waals surface area (Å²) in [6, 6.07) is 7.60. The van der Waals surface area contributed by atoms with E-state index in [0.717, 1.165) is 0 Å². The van der Waals surface area contributed by atoms with Crippen molar-refractivity contribution >= 4 is 41.3 Å². The molecule has 10 heteroatoms. The molecule has 1 aliphatic heterocycles. The standard InChI is InChI=1S/C21H21N3O6S/c1-12(25)24(19-10-15(20(22)28)6-7-23-19)8-9-31-21(24)17-11-16(29-13(2)26)4-5-18(17)30-14(3)27/h4-7,10-11,21H,8-9H2,1-3H3,(H-,22,28)/p+1. The van der Waals surface area contributed by atoms with Crippen LogP contribution in [-0.2, 0) is 14.4 Å². The van der Waals surface area contributed by atoms with Gasteiger partial charge in [-0.1, -0.05) is 11.8 Å². The fraction of sp³-hybridized carbons (Fsp3) is 0.286. The Morgan fingerprint density at radius 1 is 1.06 bits per heavy atom. The predicted molar refractivity (Wildman–Crippen MR) is 114 cm³/mol. The predicted octanol–water partition coefficient (Wildman–Crippen LogP) is 2.33. The number of nitrogens with two attached hydrogens (primary N) is 1. The van der Waals surface area contributed by atoms with Crippen LogP contribution in [0.15, 0.2) is 36.5 Å². The second-order valence-corrected chi connectivity index (χ2v) is 8.18. The van der Waals surface area contributed by atoms with E-state index in [1.807, 2.05) is 0 Å². The van der Waals surface area contributed by atoms with Crippen LogP contribution in [0.4, 0.5) is 5.82 Å². The van der Waals surface area contributed by atoms with Gasteiger partial charge in [0.05, 0.1) is 12.5 Å². The van der Waals surface area contributed by atoms with Crippen LogP contribution in [0.1, 0.15) is 42.1 Å². The van der Waals surface area contributed by atoms with Gasteiger partial charge in [-0.2, -0.15) is 4.48 Å². The Balaban J connectivity index is 2.20. The molecule has 31 heavy (non-hydrogen) atoms. The molecule has 2 aromatic rings. The number of carbonyl (C=O) groups is 4. The number of aromatic nitrogens is 1. The lowest BCUT2D eigenvalue weighted by molar-refractivity contribution is -0.133. The number of hydrogen-bond acceptors (Lipinski definition) is 8. The average Bonchev–Trinajstić information content (AvgIpc) is 3.14. The Labute approximate surface area is 183 Å². The summed E-state index contributed by atoms with van der Waals surface area (Å²) < 4.78 is 10.4. The summed E-state index contributed by atoms with van der Waals surface area (Å²) in [6.45, 7) is 4.39. The zero-order chi connectivity index (χ0) is 22.8. The maximum absolute atomic E-state index is 13.0. The van der Waals surface area contributed by atoms with Gasteiger partial charge in [0.2, 0.25) is 11.7 Å². The minimum Gasteiger partial charge on any atom is -0.427 e. The molecule has 2 amide bonds. The van der Waals surface area contributed by atoms with Crippen molar-refractivity contribution in [3.63, 3.8) is 0 Å². The van der Waals surface area contributed by atoms with Gasteiger partial charge < -0.3 is 15.2 Å². The maximum Gasteiger partial charge on any atom is 0.318 e. The highest BCUT2D eigenvalue weighted by Gasteiger charge is 2.52. The molecule has 2 N–H and O–H groups in total. The number of amides is 2. The number of pyridine rings is 1. The number of hydrogen-bond donors (Lipinski definition) is 1. The monoisotopic (exact) mass is 444 g/mol. The van der Waals surface area contributed by atoms with E-state index >= 15 is 0 Å². The van der Waals surface area contributed by atoms with Crippen LogP contribution in [0, 0.1) is 0 Å². The summed E-state index contributed by atoms with van der Waals surface area (Å²) in [5.74, 6) is -0.423. The molecule has 2 heterocycles. The van der Waals surface area contributed by atoms with E-state index in [-0.39, 0.29) is 27.5 Å². The van der Waals surface area contributed by atoms with E-state index in [1.54, 1.807) is 6.07 Å². The van der Waals surface area contributed by atoms with Gasteiger partial charge in [0.25, 0.3) is 0 Å². The zero-order valence-corrected chi connectivity index (χ0v) is 18.1. The van der Waals surface area contributed by atoms with Gasteiger partial charge in [0.1, 0.15) is 18.0 Å². The summed E-state index contributed by atoms with van der Waals surface area (Å²) in [5.41, 5.74) is 6.15. The quantitative estimate of drug-likeness (QED) is 0.423. The van der Waals surface area contributed by atoms with Gasteiger partial charge in [0.15, 0.2) is 5.37 Å². The van der Waals surface area contributed by atoms with Crippen LogP contribution in [0.5, 0.6) is 11.5 Å². The Bertz CT molecular complexity index is 1070. The second-order valence-electron chi connectivity index (χ2n) is 6.99. The molecule has 0 bridgehead atoms. The number of carbonyl (C=O) groups excluding carboxylic acids is 4. The number of esters is 2. The third-order valence-corrected chi connectivity index (χ3v) is 6.23. The summed E-state index contributed by atoms with van der Waals surface area (Å²) in [4.78, 5) is 52.2. The first-order chi connectivity index (χ1) is 14.6. The Morgan fingerprint density at radius 3 is 2.39 bits per heavy atom. The third kappa shape index (κ3) is 4.44. The van der Waals surface area contributed by atoms with Crippen molar-refractivity contribution in [1.82, 2.24) is 9.47 Å². The summed E-state index contributed by atoms with van der Waals surface area (Å²) in [7, 11) is 0. The Morgan fingerprint density at radius 2 is 1.77 bits per heavy atom.